The van der Waals surface area contributed by atoms with Gasteiger partial charge in [-0.05, 0) is 6.92 Å². The summed E-state index contributed by atoms with van der Waals surface area (Å²) in [4.78, 5) is 19.1. The number of nitrogens with zero attached hydrogens (tertiary/aromatic N) is 5. The molecule has 0 aliphatic carbocycles. The lowest BCUT2D eigenvalue weighted by atomic mass is 10.1. The number of aromatic nitrogens is 4. The van der Waals surface area contributed by atoms with E-state index < -0.39 is 0 Å². The molecule has 2 heterocycles. The minimum atomic E-state index is 0.0928. The van der Waals surface area contributed by atoms with E-state index in [2.05, 4.69) is 19.9 Å². The van der Waals surface area contributed by atoms with Crippen LogP contribution in [0.5, 0.6) is 17.5 Å². The molecule has 0 fully saturated rings. The van der Waals surface area contributed by atoms with Gasteiger partial charge in [0.1, 0.15) is 11.5 Å². The van der Waals surface area contributed by atoms with Gasteiger partial charge in [0.25, 0.3) is 5.88 Å². The number of ether oxygens (including phenoxy) is 2. The van der Waals surface area contributed by atoms with Crippen molar-refractivity contribution < 1.29 is 9.47 Å². The van der Waals surface area contributed by atoms with E-state index in [1.807, 2.05) is 27.9 Å². The lowest BCUT2D eigenvalue weighted by Crippen LogP contribution is -2.15. The maximum absolute atomic E-state index is 5.89. The van der Waals surface area contributed by atoms with E-state index in [-0.39, 0.29) is 11.7 Å². The molecule has 0 bridgehead atoms. The predicted octanol–water partition coefficient (Wildman–Crippen LogP) is 2.15. The standard InChI is InChI=1S/C15H22N6O2/c1-8(2)11-14(20-13(21(4)5)15(19-11)22-6)23-10-7-17-9(3)18-12(10)16/h7-8H,1-6H3,(H2,16,17,18). The number of hydrogen-bond acceptors (Lipinski definition) is 8. The zero-order valence-corrected chi connectivity index (χ0v) is 14.3. The highest BCUT2D eigenvalue weighted by Crippen LogP contribution is 2.34. The van der Waals surface area contributed by atoms with Crippen molar-refractivity contribution in [1.29, 1.82) is 0 Å². The van der Waals surface area contributed by atoms with Crippen molar-refractivity contribution in [2.75, 3.05) is 31.8 Å². The van der Waals surface area contributed by atoms with E-state index in [0.717, 1.165) is 0 Å². The van der Waals surface area contributed by atoms with Crippen LogP contribution >= 0.6 is 0 Å². The molecule has 0 amide bonds. The summed E-state index contributed by atoms with van der Waals surface area (Å²) in [7, 11) is 5.27. The van der Waals surface area contributed by atoms with Crippen molar-refractivity contribution in [2.45, 2.75) is 26.7 Å². The van der Waals surface area contributed by atoms with Crippen LogP contribution in [0.4, 0.5) is 11.6 Å². The third-order valence-electron chi connectivity index (χ3n) is 3.11. The van der Waals surface area contributed by atoms with Gasteiger partial charge in [-0.3, -0.25) is 0 Å². The lowest BCUT2D eigenvalue weighted by molar-refractivity contribution is 0.384. The molecule has 2 N–H and O–H groups in total. The molecular weight excluding hydrogens is 296 g/mol. The molecule has 2 aromatic rings. The zero-order chi connectivity index (χ0) is 17.1. The van der Waals surface area contributed by atoms with E-state index in [4.69, 9.17) is 15.2 Å². The Morgan fingerprint density at radius 1 is 1.13 bits per heavy atom. The van der Waals surface area contributed by atoms with E-state index >= 15 is 0 Å². The second-order valence-electron chi connectivity index (χ2n) is 5.56. The molecule has 23 heavy (non-hydrogen) atoms. The third-order valence-corrected chi connectivity index (χ3v) is 3.11. The summed E-state index contributed by atoms with van der Waals surface area (Å²) in [6.45, 7) is 5.76. The van der Waals surface area contributed by atoms with E-state index in [0.29, 0.717) is 34.8 Å². The maximum Gasteiger partial charge on any atom is 0.257 e. The van der Waals surface area contributed by atoms with Crippen molar-refractivity contribution in [2.24, 2.45) is 0 Å². The molecule has 124 valence electrons. The number of methoxy groups -OCH3 is 1. The van der Waals surface area contributed by atoms with Gasteiger partial charge in [-0.2, -0.15) is 4.98 Å². The van der Waals surface area contributed by atoms with E-state index in [1.54, 1.807) is 18.9 Å². The van der Waals surface area contributed by atoms with Gasteiger partial charge >= 0.3 is 0 Å². The zero-order valence-electron chi connectivity index (χ0n) is 14.3. The maximum atomic E-state index is 5.89. The number of hydrogen-bond donors (Lipinski definition) is 1. The first-order chi connectivity index (χ1) is 10.8. The topological polar surface area (TPSA) is 99.3 Å². The minimum absolute atomic E-state index is 0.0928. The molecule has 0 saturated heterocycles. The Hall–Kier alpha value is -2.64. The molecule has 8 nitrogen and oxygen atoms in total. The highest BCUT2D eigenvalue weighted by molar-refractivity contribution is 5.52. The minimum Gasteiger partial charge on any atom is -0.478 e. The van der Waals surface area contributed by atoms with Crippen molar-refractivity contribution in [3.8, 4) is 17.5 Å². The van der Waals surface area contributed by atoms with Crippen molar-refractivity contribution >= 4 is 11.6 Å². The van der Waals surface area contributed by atoms with Crippen LogP contribution in [0.25, 0.3) is 0 Å². The number of nitrogen functional groups attached to an aromatic ring is 1. The predicted molar refractivity (Wildman–Crippen MR) is 88.3 cm³/mol. The average molecular weight is 318 g/mol. The Labute approximate surface area is 135 Å². The summed E-state index contributed by atoms with van der Waals surface area (Å²) in [6.07, 6.45) is 1.53. The monoisotopic (exact) mass is 318 g/mol. The Balaban J connectivity index is 2.52. The number of rotatable bonds is 5. The fourth-order valence-corrected chi connectivity index (χ4v) is 1.95. The summed E-state index contributed by atoms with van der Waals surface area (Å²) in [5.41, 5.74) is 6.56. The Bertz CT molecular complexity index is 703. The SMILES string of the molecule is COc1nc(C(C)C)c(Oc2cnc(C)nc2N)nc1N(C)C. The van der Waals surface area contributed by atoms with Crippen molar-refractivity contribution in [3.05, 3.63) is 17.7 Å². The van der Waals surface area contributed by atoms with Crippen molar-refractivity contribution in [1.82, 2.24) is 19.9 Å². The number of nitrogens with two attached hydrogens (primary N) is 1. The first-order valence-electron chi connectivity index (χ1n) is 7.23. The fraction of sp³-hybridized carbons (Fsp3) is 0.467. The number of anilines is 2. The van der Waals surface area contributed by atoms with Gasteiger partial charge < -0.3 is 20.1 Å². The molecule has 0 radical (unpaired) electrons. The molecule has 0 saturated carbocycles. The summed E-state index contributed by atoms with van der Waals surface area (Å²) in [6, 6.07) is 0. The van der Waals surface area contributed by atoms with Crippen LogP contribution < -0.4 is 20.1 Å². The first-order valence-corrected chi connectivity index (χ1v) is 7.23. The summed E-state index contributed by atoms with van der Waals surface area (Å²) in [5, 5.41) is 0. The van der Waals surface area contributed by atoms with Gasteiger partial charge in [0, 0.05) is 20.0 Å². The van der Waals surface area contributed by atoms with Crippen LogP contribution in [0.15, 0.2) is 6.20 Å². The fourth-order valence-electron chi connectivity index (χ4n) is 1.95. The second kappa shape index (κ2) is 6.64. The van der Waals surface area contributed by atoms with Gasteiger partial charge in [-0.25, -0.2) is 15.0 Å². The molecule has 0 aromatic carbocycles. The Morgan fingerprint density at radius 3 is 2.35 bits per heavy atom. The molecular formula is C15H22N6O2. The van der Waals surface area contributed by atoms with Crippen LogP contribution in [-0.2, 0) is 0 Å². The highest BCUT2D eigenvalue weighted by Gasteiger charge is 2.20. The van der Waals surface area contributed by atoms with E-state index in [1.165, 1.54) is 6.20 Å². The van der Waals surface area contributed by atoms with Crippen LogP contribution in [0.2, 0.25) is 0 Å². The quantitative estimate of drug-likeness (QED) is 0.895. The summed E-state index contributed by atoms with van der Waals surface area (Å²) < 4.78 is 11.2. The Kier molecular flexibility index (Phi) is 4.83. The van der Waals surface area contributed by atoms with Gasteiger partial charge in [0.15, 0.2) is 17.4 Å². The molecule has 0 aliphatic rings. The van der Waals surface area contributed by atoms with Gasteiger partial charge in [-0.1, -0.05) is 13.8 Å². The molecule has 0 atom stereocenters. The second-order valence-corrected chi connectivity index (χ2v) is 5.56. The molecule has 2 rings (SSSR count). The average Bonchev–Trinajstić information content (AvgIpc) is 2.49. The normalized spacial score (nSPS) is 10.7. The van der Waals surface area contributed by atoms with Crippen LogP contribution in [-0.4, -0.2) is 41.1 Å². The molecule has 2 aromatic heterocycles. The molecule has 0 aliphatic heterocycles. The highest BCUT2D eigenvalue weighted by atomic mass is 16.5. The summed E-state index contributed by atoms with van der Waals surface area (Å²) in [5.74, 6) is 2.66. The van der Waals surface area contributed by atoms with Crippen LogP contribution in [0.1, 0.15) is 31.3 Å². The van der Waals surface area contributed by atoms with Gasteiger partial charge in [0.05, 0.1) is 13.3 Å². The molecule has 0 unspecified atom stereocenters. The van der Waals surface area contributed by atoms with Crippen LogP contribution in [0, 0.1) is 6.92 Å². The Morgan fingerprint density at radius 2 is 1.83 bits per heavy atom. The van der Waals surface area contributed by atoms with Gasteiger partial charge in [-0.15, -0.1) is 0 Å². The van der Waals surface area contributed by atoms with Gasteiger partial charge in [0.2, 0.25) is 5.88 Å². The van der Waals surface area contributed by atoms with Crippen LogP contribution in [0.3, 0.4) is 0 Å². The first kappa shape index (κ1) is 16.7. The molecule has 0 spiro atoms. The third kappa shape index (κ3) is 3.58. The largest absolute Gasteiger partial charge is 0.478 e. The molecule has 8 heteroatoms. The van der Waals surface area contributed by atoms with Crippen molar-refractivity contribution in [3.63, 3.8) is 0 Å². The number of aryl methyl sites for hydroxylation is 1. The van der Waals surface area contributed by atoms with E-state index in [9.17, 15) is 0 Å². The smallest absolute Gasteiger partial charge is 0.257 e. The summed E-state index contributed by atoms with van der Waals surface area (Å²) >= 11 is 0. The lowest BCUT2D eigenvalue weighted by Gasteiger charge is -2.19.